The number of methoxy groups -OCH3 is 2. The van der Waals surface area contributed by atoms with Crippen LogP contribution in [0.4, 0.5) is 0 Å². The molecule has 0 bridgehead atoms. The topological polar surface area (TPSA) is 53.7 Å². The van der Waals surface area contributed by atoms with Gasteiger partial charge in [0.2, 0.25) is 0 Å². The Labute approximate surface area is 127 Å². The van der Waals surface area contributed by atoms with Crippen molar-refractivity contribution in [2.24, 2.45) is 11.7 Å². The van der Waals surface area contributed by atoms with Gasteiger partial charge in [0.25, 0.3) is 0 Å². The molecule has 0 amide bonds. The quantitative estimate of drug-likeness (QED) is 0.711. The average molecular weight is 293 g/mol. The fourth-order valence-corrected chi connectivity index (χ4v) is 2.65. The zero-order valence-electron chi connectivity index (χ0n) is 13.1. The van der Waals surface area contributed by atoms with Crippen LogP contribution in [0.15, 0.2) is 18.2 Å². The number of hydrogen-bond acceptors (Lipinski definition) is 4. The molecule has 0 aliphatic heterocycles. The van der Waals surface area contributed by atoms with Gasteiger partial charge in [-0.15, -0.1) is 0 Å². The minimum Gasteiger partial charge on any atom is -0.493 e. The summed E-state index contributed by atoms with van der Waals surface area (Å²) < 4.78 is 16.2. The molecule has 118 valence electrons. The Balaban J connectivity index is 1.95. The molecule has 1 fully saturated rings. The molecule has 1 aliphatic rings. The number of rotatable bonds is 9. The monoisotopic (exact) mass is 293 g/mol. The summed E-state index contributed by atoms with van der Waals surface area (Å²) in [5.41, 5.74) is 7.50. The van der Waals surface area contributed by atoms with Crippen LogP contribution in [0, 0.1) is 5.92 Å². The Morgan fingerprint density at radius 3 is 2.62 bits per heavy atom. The lowest BCUT2D eigenvalue weighted by Crippen LogP contribution is -2.36. The van der Waals surface area contributed by atoms with Gasteiger partial charge >= 0.3 is 0 Å². The smallest absolute Gasteiger partial charge is 0.161 e. The van der Waals surface area contributed by atoms with Crippen molar-refractivity contribution in [3.05, 3.63) is 23.8 Å². The molecule has 21 heavy (non-hydrogen) atoms. The summed E-state index contributed by atoms with van der Waals surface area (Å²) in [4.78, 5) is 0. The summed E-state index contributed by atoms with van der Waals surface area (Å²) in [6.07, 6.45) is 5.65. The summed E-state index contributed by atoms with van der Waals surface area (Å²) in [6, 6.07) is 6.37. The molecule has 1 saturated carbocycles. The number of hydrogen-bond donors (Lipinski definition) is 1. The van der Waals surface area contributed by atoms with Crippen molar-refractivity contribution in [3.8, 4) is 11.5 Å². The predicted molar refractivity (Wildman–Crippen MR) is 84.0 cm³/mol. The normalized spacial score (nSPS) is 16.3. The highest BCUT2D eigenvalue weighted by atomic mass is 16.5. The molecule has 1 atom stereocenters. The number of ether oxygens (including phenoxy) is 3. The van der Waals surface area contributed by atoms with Crippen LogP contribution in [0.3, 0.4) is 0 Å². The fourth-order valence-electron chi connectivity index (χ4n) is 2.65. The SMILES string of the molecule is COCCCOc1cc(C[C@@H](N)C2CCC2)ccc1OC. The lowest BCUT2D eigenvalue weighted by Gasteiger charge is -2.31. The summed E-state index contributed by atoms with van der Waals surface area (Å²) in [5, 5.41) is 0. The minimum absolute atomic E-state index is 0.258. The highest BCUT2D eigenvalue weighted by molar-refractivity contribution is 5.43. The van der Waals surface area contributed by atoms with E-state index in [-0.39, 0.29) is 6.04 Å². The van der Waals surface area contributed by atoms with Gasteiger partial charge in [-0.3, -0.25) is 0 Å². The van der Waals surface area contributed by atoms with Crippen LogP contribution >= 0.6 is 0 Å². The van der Waals surface area contributed by atoms with E-state index in [1.165, 1.54) is 24.8 Å². The Morgan fingerprint density at radius 1 is 1.19 bits per heavy atom. The van der Waals surface area contributed by atoms with Gasteiger partial charge in [0, 0.05) is 26.2 Å². The highest BCUT2D eigenvalue weighted by Gasteiger charge is 2.24. The van der Waals surface area contributed by atoms with Crippen molar-refractivity contribution in [3.63, 3.8) is 0 Å². The molecule has 4 nitrogen and oxygen atoms in total. The first kappa shape index (κ1) is 16.1. The van der Waals surface area contributed by atoms with E-state index in [0.717, 1.165) is 24.3 Å². The van der Waals surface area contributed by atoms with Gasteiger partial charge in [0.1, 0.15) is 0 Å². The summed E-state index contributed by atoms with van der Waals surface area (Å²) >= 11 is 0. The van der Waals surface area contributed by atoms with E-state index in [9.17, 15) is 0 Å². The van der Waals surface area contributed by atoms with E-state index in [1.54, 1.807) is 14.2 Å². The molecule has 4 heteroatoms. The molecule has 0 saturated heterocycles. The molecule has 0 radical (unpaired) electrons. The third-order valence-electron chi connectivity index (χ3n) is 4.21. The van der Waals surface area contributed by atoms with E-state index in [4.69, 9.17) is 19.9 Å². The molecule has 1 aromatic carbocycles. The molecule has 1 aliphatic carbocycles. The Bertz CT molecular complexity index is 432. The molecule has 0 aromatic heterocycles. The van der Waals surface area contributed by atoms with Crippen molar-refractivity contribution in [1.82, 2.24) is 0 Å². The van der Waals surface area contributed by atoms with E-state index >= 15 is 0 Å². The second-order valence-electron chi connectivity index (χ2n) is 5.74. The van der Waals surface area contributed by atoms with E-state index in [2.05, 4.69) is 12.1 Å². The van der Waals surface area contributed by atoms with Crippen molar-refractivity contribution < 1.29 is 14.2 Å². The fraction of sp³-hybridized carbons (Fsp3) is 0.647. The molecule has 2 N–H and O–H groups in total. The zero-order valence-corrected chi connectivity index (χ0v) is 13.1. The average Bonchev–Trinajstić information content (AvgIpc) is 2.42. The maximum atomic E-state index is 6.28. The van der Waals surface area contributed by atoms with Crippen LogP contribution in [-0.2, 0) is 11.2 Å². The first-order valence-electron chi connectivity index (χ1n) is 7.79. The van der Waals surface area contributed by atoms with Crippen molar-refractivity contribution in [2.75, 3.05) is 27.4 Å². The van der Waals surface area contributed by atoms with Crippen molar-refractivity contribution in [1.29, 1.82) is 0 Å². The zero-order chi connectivity index (χ0) is 15.1. The maximum absolute atomic E-state index is 6.28. The lowest BCUT2D eigenvalue weighted by atomic mass is 9.78. The molecular weight excluding hydrogens is 266 g/mol. The maximum Gasteiger partial charge on any atom is 0.161 e. The highest BCUT2D eigenvalue weighted by Crippen LogP contribution is 2.32. The van der Waals surface area contributed by atoms with E-state index in [0.29, 0.717) is 19.1 Å². The second-order valence-corrected chi connectivity index (χ2v) is 5.74. The molecule has 0 unspecified atom stereocenters. The third kappa shape index (κ3) is 4.61. The van der Waals surface area contributed by atoms with Gasteiger partial charge in [-0.2, -0.15) is 0 Å². The second kappa shape index (κ2) is 8.25. The van der Waals surface area contributed by atoms with Crippen LogP contribution in [0.5, 0.6) is 11.5 Å². The van der Waals surface area contributed by atoms with Crippen LogP contribution < -0.4 is 15.2 Å². The molecule has 0 spiro atoms. The van der Waals surface area contributed by atoms with Gasteiger partial charge in [-0.25, -0.2) is 0 Å². The Kier molecular flexibility index (Phi) is 6.33. The minimum atomic E-state index is 0.258. The summed E-state index contributed by atoms with van der Waals surface area (Å²) in [5.74, 6) is 2.26. The molecule has 1 aromatic rings. The van der Waals surface area contributed by atoms with Gasteiger partial charge in [-0.05, 0) is 42.9 Å². The number of benzene rings is 1. The van der Waals surface area contributed by atoms with Gasteiger partial charge in [-0.1, -0.05) is 12.5 Å². The van der Waals surface area contributed by atoms with Gasteiger partial charge in [0.05, 0.1) is 13.7 Å². The van der Waals surface area contributed by atoms with Crippen LogP contribution in [0.2, 0.25) is 0 Å². The lowest BCUT2D eigenvalue weighted by molar-refractivity contribution is 0.170. The van der Waals surface area contributed by atoms with Crippen LogP contribution in [0.1, 0.15) is 31.2 Å². The van der Waals surface area contributed by atoms with Crippen molar-refractivity contribution in [2.45, 2.75) is 38.1 Å². The first-order chi connectivity index (χ1) is 10.2. The molecule has 0 heterocycles. The van der Waals surface area contributed by atoms with Crippen LogP contribution in [-0.4, -0.2) is 33.5 Å². The molecular formula is C17H27NO3. The Morgan fingerprint density at radius 2 is 2.00 bits per heavy atom. The summed E-state index contributed by atoms with van der Waals surface area (Å²) in [6.45, 7) is 1.33. The predicted octanol–water partition coefficient (Wildman–Crippen LogP) is 2.78. The largest absolute Gasteiger partial charge is 0.493 e. The van der Waals surface area contributed by atoms with Crippen LogP contribution in [0.25, 0.3) is 0 Å². The van der Waals surface area contributed by atoms with Crippen molar-refractivity contribution >= 4 is 0 Å². The number of nitrogens with two attached hydrogens (primary N) is 1. The van der Waals surface area contributed by atoms with E-state index < -0.39 is 0 Å². The van der Waals surface area contributed by atoms with Gasteiger partial charge in [0.15, 0.2) is 11.5 Å². The first-order valence-corrected chi connectivity index (χ1v) is 7.79. The van der Waals surface area contributed by atoms with E-state index in [1.807, 2.05) is 6.07 Å². The third-order valence-corrected chi connectivity index (χ3v) is 4.21. The summed E-state index contributed by atoms with van der Waals surface area (Å²) in [7, 11) is 3.36. The molecule has 2 rings (SSSR count). The standard InChI is InChI=1S/C17H27NO3/c1-19-9-4-10-21-17-12-13(7-8-16(17)20-2)11-15(18)14-5-3-6-14/h7-8,12,14-15H,3-6,9-11,18H2,1-2H3/t15-/m1/s1. The van der Waals surface area contributed by atoms with Gasteiger partial charge < -0.3 is 19.9 Å². The Hall–Kier alpha value is -1.26.